The Kier molecular flexibility index (Phi) is 5.90. The van der Waals surface area contributed by atoms with Crippen molar-refractivity contribution in [2.75, 3.05) is 26.8 Å². The minimum atomic E-state index is 0.494. The van der Waals surface area contributed by atoms with Crippen LogP contribution >= 0.6 is 0 Å². The van der Waals surface area contributed by atoms with Crippen LogP contribution < -0.4 is 5.32 Å². The maximum absolute atomic E-state index is 5.06. The first-order valence-electron chi connectivity index (χ1n) is 7.46. The number of benzene rings is 1. The lowest BCUT2D eigenvalue weighted by molar-refractivity contribution is 0.200. The van der Waals surface area contributed by atoms with E-state index in [-0.39, 0.29) is 0 Å². The highest BCUT2D eigenvalue weighted by molar-refractivity contribution is 5.79. The molecule has 0 fully saturated rings. The van der Waals surface area contributed by atoms with Gasteiger partial charge in [-0.15, -0.1) is 0 Å². The maximum atomic E-state index is 5.06. The predicted molar refractivity (Wildman–Crippen MR) is 89.3 cm³/mol. The van der Waals surface area contributed by atoms with E-state index in [1.807, 2.05) is 12.1 Å². The van der Waals surface area contributed by atoms with Gasteiger partial charge in [0.05, 0.1) is 17.8 Å². The topological polar surface area (TPSA) is 34.1 Å². The van der Waals surface area contributed by atoms with Crippen LogP contribution in [0.15, 0.2) is 42.0 Å². The van der Waals surface area contributed by atoms with Crippen molar-refractivity contribution < 1.29 is 4.74 Å². The van der Waals surface area contributed by atoms with Crippen molar-refractivity contribution in [3.8, 4) is 0 Å². The van der Waals surface area contributed by atoms with Crippen LogP contribution in [0.3, 0.4) is 0 Å². The van der Waals surface area contributed by atoms with Crippen molar-refractivity contribution in [2.24, 2.45) is 5.92 Å². The van der Waals surface area contributed by atoms with E-state index >= 15 is 0 Å². The Balaban J connectivity index is 2.15. The third kappa shape index (κ3) is 4.66. The van der Waals surface area contributed by atoms with E-state index in [0.717, 1.165) is 30.9 Å². The van der Waals surface area contributed by atoms with Gasteiger partial charge in [0.25, 0.3) is 0 Å². The first-order valence-corrected chi connectivity index (χ1v) is 7.46. The van der Waals surface area contributed by atoms with Gasteiger partial charge in [-0.3, -0.25) is 0 Å². The molecule has 0 bridgehead atoms. The first kappa shape index (κ1) is 15.7. The molecule has 112 valence electrons. The van der Waals surface area contributed by atoms with E-state index in [1.54, 1.807) is 7.11 Å². The SMILES string of the molecule is COCCNCC(=Cc1ccc2ccccc2n1)C(C)C. The molecule has 1 N–H and O–H groups in total. The number of nitrogens with one attached hydrogen (secondary N) is 1. The average Bonchev–Trinajstić information content (AvgIpc) is 2.50. The van der Waals surface area contributed by atoms with Crippen molar-refractivity contribution in [1.29, 1.82) is 0 Å². The second kappa shape index (κ2) is 7.91. The molecule has 2 aromatic rings. The molecule has 0 saturated heterocycles. The first-order chi connectivity index (χ1) is 10.2. The third-order valence-electron chi connectivity index (χ3n) is 3.51. The molecule has 1 aromatic heterocycles. The number of para-hydroxylation sites is 1. The van der Waals surface area contributed by atoms with Gasteiger partial charge in [0.1, 0.15) is 0 Å². The fourth-order valence-corrected chi connectivity index (χ4v) is 2.18. The molecular formula is C18H24N2O. The zero-order valence-corrected chi connectivity index (χ0v) is 13.1. The highest BCUT2D eigenvalue weighted by atomic mass is 16.5. The van der Waals surface area contributed by atoms with Crippen LogP contribution in [0, 0.1) is 5.92 Å². The lowest BCUT2D eigenvalue weighted by atomic mass is 10.0. The van der Waals surface area contributed by atoms with E-state index in [0.29, 0.717) is 5.92 Å². The quantitative estimate of drug-likeness (QED) is 0.790. The van der Waals surface area contributed by atoms with Crippen LogP contribution in [-0.2, 0) is 4.74 Å². The van der Waals surface area contributed by atoms with Crippen LogP contribution in [0.5, 0.6) is 0 Å². The maximum Gasteiger partial charge on any atom is 0.0709 e. The summed E-state index contributed by atoms with van der Waals surface area (Å²) in [5.41, 5.74) is 3.42. The Bertz CT molecular complexity index is 605. The molecule has 2 rings (SSSR count). The average molecular weight is 284 g/mol. The minimum Gasteiger partial charge on any atom is -0.383 e. The number of ether oxygens (including phenoxy) is 1. The molecule has 0 unspecified atom stereocenters. The standard InChI is InChI=1S/C18H24N2O/c1-14(2)16(13-19-10-11-21-3)12-17-9-8-15-6-4-5-7-18(15)20-17/h4-9,12,14,19H,10-11,13H2,1-3H3. The second-order valence-electron chi connectivity index (χ2n) is 5.47. The van der Waals surface area contributed by atoms with Gasteiger partial charge in [-0.2, -0.15) is 0 Å². The zero-order chi connectivity index (χ0) is 15.1. The normalized spacial score (nSPS) is 12.3. The van der Waals surface area contributed by atoms with Gasteiger partial charge in [0.15, 0.2) is 0 Å². The Hall–Kier alpha value is -1.71. The molecule has 0 spiro atoms. The molecule has 0 amide bonds. The summed E-state index contributed by atoms with van der Waals surface area (Å²) < 4.78 is 5.06. The molecule has 21 heavy (non-hydrogen) atoms. The molecular weight excluding hydrogens is 260 g/mol. The summed E-state index contributed by atoms with van der Waals surface area (Å²) in [5, 5.41) is 4.58. The number of aromatic nitrogens is 1. The Morgan fingerprint density at radius 3 is 2.81 bits per heavy atom. The monoisotopic (exact) mass is 284 g/mol. The van der Waals surface area contributed by atoms with E-state index in [9.17, 15) is 0 Å². The molecule has 1 aromatic carbocycles. The number of methoxy groups -OCH3 is 1. The summed E-state index contributed by atoms with van der Waals surface area (Å²) in [5.74, 6) is 0.494. The van der Waals surface area contributed by atoms with Crippen LogP contribution in [-0.4, -0.2) is 31.8 Å². The molecule has 0 aliphatic carbocycles. The fourth-order valence-electron chi connectivity index (χ4n) is 2.18. The summed E-state index contributed by atoms with van der Waals surface area (Å²) in [7, 11) is 1.72. The van der Waals surface area contributed by atoms with Crippen LogP contribution in [0.25, 0.3) is 17.0 Å². The number of rotatable bonds is 7. The van der Waals surface area contributed by atoms with E-state index in [1.165, 1.54) is 11.0 Å². The number of nitrogens with zero attached hydrogens (tertiary/aromatic N) is 1. The summed E-state index contributed by atoms with van der Waals surface area (Å²) in [6.07, 6.45) is 2.19. The smallest absolute Gasteiger partial charge is 0.0709 e. The van der Waals surface area contributed by atoms with Crippen molar-refractivity contribution >= 4 is 17.0 Å². The molecule has 0 radical (unpaired) electrons. The van der Waals surface area contributed by atoms with Crippen molar-refractivity contribution in [2.45, 2.75) is 13.8 Å². The highest BCUT2D eigenvalue weighted by Crippen LogP contribution is 2.16. The summed E-state index contributed by atoms with van der Waals surface area (Å²) >= 11 is 0. The lowest BCUT2D eigenvalue weighted by Crippen LogP contribution is -2.23. The summed E-state index contributed by atoms with van der Waals surface area (Å²) in [6, 6.07) is 12.4. The largest absolute Gasteiger partial charge is 0.383 e. The van der Waals surface area contributed by atoms with Crippen molar-refractivity contribution in [1.82, 2.24) is 10.3 Å². The van der Waals surface area contributed by atoms with Gasteiger partial charge >= 0.3 is 0 Å². The third-order valence-corrected chi connectivity index (χ3v) is 3.51. The zero-order valence-electron chi connectivity index (χ0n) is 13.1. The molecule has 0 saturated carbocycles. The summed E-state index contributed by atoms with van der Waals surface area (Å²) in [6.45, 7) is 6.90. The lowest BCUT2D eigenvalue weighted by Gasteiger charge is -2.13. The molecule has 0 aliphatic heterocycles. The van der Waals surface area contributed by atoms with E-state index < -0.39 is 0 Å². The number of pyridine rings is 1. The van der Waals surface area contributed by atoms with Gasteiger partial charge in [-0.05, 0) is 24.1 Å². The molecule has 3 heteroatoms. The molecule has 0 aliphatic rings. The molecule has 3 nitrogen and oxygen atoms in total. The fraction of sp³-hybridized carbons (Fsp3) is 0.389. The minimum absolute atomic E-state index is 0.494. The number of hydrogen-bond donors (Lipinski definition) is 1. The van der Waals surface area contributed by atoms with Crippen molar-refractivity contribution in [3.63, 3.8) is 0 Å². The Labute approximate surface area is 127 Å². The highest BCUT2D eigenvalue weighted by Gasteiger charge is 2.04. The molecule has 0 atom stereocenters. The van der Waals surface area contributed by atoms with Crippen molar-refractivity contribution in [3.05, 3.63) is 47.7 Å². The van der Waals surface area contributed by atoms with Crippen LogP contribution in [0.1, 0.15) is 19.5 Å². The number of fused-ring (bicyclic) bond motifs is 1. The van der Waals surface area contributed by atoms with E-state index in [2.05, 4.69) is 49.5 Å². The van der Waals surface area contributed by atoms with Gasteiger partial charge in [0.2, 0.25) is 0 Å². The van der Waals surface area contributed by atoms with E-state index in [4.69, 9.17) is 9.72 Å². The predicted octanol–water partition coefficient (Wildman–Crippen LogP) is 3.51. The van der Waals surface area contributed by atoms with Crippen LogP contribution in [0.4, 0.5) is 0 Å². The van der Waals surface area contributed by atoms with Gasteiger partial charge in [-0.1, -0.05) is 43.7 Å². The molecule has 1 heterocycles. The Morgan fingerprint density at radius 2 is 2.05 bits per heavy atom. The van der Waals surface area contributed by atoms with Gasteiger partial charge in [-0.25, -0.2) is 4.98 Å². The van der Waals surface area contributed by atoms with Gasteiger partial charge < -0.3 is 10.1 Å². The van der Waals surface area contributed by atoms with Crippen LogP contribution in [0.2, 0.25) is 0 Å². The Morgan fingerprint density at radius 1 is 1.24 bits per heavy atom. The summed E-state index contributed by atoms with van der Waals surface area (Å²) in [4.78, 5) is 4.71. The second-order valence-corrected chi connectivity index (χ2v) is 5.47. The van der Waals surface area contributed by atoms with Gasteiger partial charge in [0, 0.05) is 25.6 Å². The number of hydrogen-bond acceptors (Lipinski definition) is 3.